The maximum absolute atomic E-state index is 6.00. The van der Waals surface area contributed by atoms with E-state index < -0.39 is 0 Å². The highest BCUT2D eigenvalue weighted by Gasteiger charge is 2.05. The fourth-order valence-electron chi connectivity index (χ4n) is 2.06. The number of hydrogen-bond acceptors (Lipinski definition) is 2. The molecule has 0 heterocycles. The molecule has 100 valence electrons. The summed E-state index contributed by atoms with van der Waals surface area (Å²) in [5, 5.41) is 0. The summed E-state index contributed by atoms with van der Waals surface area (Å²) in [5.41, 5.74) is 10.6. The zero-order valence-electron chi connectivity index (χ0n) is 11.9. The Kier molecular flexibility index (Phi) is 4.23. The summed E-state index contributed by atoms with van der Waals surface area (Å²) >= 11 is 0. The van der Waals surface area contributed by atoms with Gasteiger partial charge in [0.05, 0.1) is 0 Å². The van der Waals surface area contributed by atoms with E-state index >= 15 is 0 Å². The maximum Gasteiger partial charge on any atom is 0.130 e. The van der Waals surface area contributed by atoms with Crippen LogP contribution in [0.15, 0.2) is 36.4 Å². The second kappa shape index (κ2) is 5.89. The van der Waals surface area contributed by atoms with Gasteiger partial charge < -0.3 is 10.5 Å². The van der Waals surface area contributed by atoms with Gasteiger partial charge in [-0.3, -0.25) is 0 Å². The number of rotatable bonds is 4. The van der Waals surface area contributed by atoms with Crippen LogP contribution >= 0.6 is 0 Å². The summed E-state index contributed by atoms with van der Waals surface area (Å²) in [6.07, 6.45) is 0.835. The second-order valence-electron chi connectivity index (χ2n) is 5.00. The quantitative estimate of drug-likeness (QED) is 0.899. The minimum Gasteiger partial charge on any atom is -0.457 e. The normalized spacial score (nSPS) is 10.5. The Bertz CT molecular complexity index is 575. The van der Waals surface area contributed by atoms with Gasteiger partial charge >= 0.3 is 0 Å². The molecule has 0 spiro atoms. The smallest absolute Gasteiger partial charge is 0.130 e. The zero-order valence-corrected chi connectivity index (χ0v) is 11.9. The standard InChI is InChI=1S/C17H21NO/c1-12-4-7-17(15(10-12)8-9-18)19-16-6-5-13(2)14(3)11-16/h4-7,10-11H,8-9,18H2,1-3H3. The van der Waals surface area contributed by atoms with Gasteiger partial charge in [-0.2, -0.15) is 0 Å². The van der Waals surface area contributed by atoms with E-state index in [1.54, 1.807) is 0 Å². The predicted octanol–water partition coefficient (Wildman–Crippen LogP) is 3.91. The molecule has 19 heavy (non-hydrogen) atoms. The Labute approximate surface area is 115 Å². The van der Waals surface area contributed by atoms with Crippen LogP contribution in [0.2, 0.25) is 0 Å². The van der Waals surface area contributed by atoms with Crippen molar-refractivity contribution in [3.8, 4) is 11.5 Å². The molecule has 0 bridgehead atoms. The lowest BCUT2D eigenvalue weighted by atomic mass is 10.1. The second-order valence-corrected chi connectivity index (χ2v) is 5.00. The van der Waals surface area contributed by atoms with Gasteiger partial charge in [0.15, 0.2) is 0 Å². The molecule has 0 fully saturated rings. The van der Waals surface area contributed by atoms with Gasteiger partial charge in [-0.05, 0) is 68.6 Å². The molecule has 2 rings (SSSR count). The molecule has 0 amide bonds. The molecule has 0 aliphatic carbocycles. The van der Waals surface area contributed by atoms with Crippen molar-refractivity contribution in [3.63, 3.8) is 0 Å². The van der Waals surface area contributed by atoms with Crippen LogP contribution in [0, 0.1) is 20.8 Å². The van der Waals surface area contributed by atoms with Crippen molar-refractivity contribution >= 4 is 0 Å². The summed E-state index contributed by atoms with van der Waals surface area (Å²) in [5.74, 6) is 1.78. The molecule has 2 heteroatoms. The van der Waals surface area contributed by atoms with E-state index in [4.69, 9.17) is 10.5 Å². The van der Waals surface area contributed by atoms with Crippen LogP contribution in [-0.4, -0.2) is 6.54 Å². The SMILES string of the molecule is Cc1ccc(Oc2ccc(C)c(C)c2)c(CCN)c1. The Balaban J connectivity index is 2.29. The lowest BCUT2D eigenvalue weighted by Crippen LogP contribution is -2.04. The van der Waals surface area contributed by atoms with Crippen molar-refractivity contribution in [1.82, 2.24) is 0 Å². The first-order valence-corrected chi connectivity index (χ1v) is 6.65. The molecule has 0 atom stereocenters. The molecule has 0 aromatic heterocycles. The van der Waals surface area contributed by atoms with Gasteiger partial charge in [-0.15, -0.1) is 0 Å². The maximum atomic E-state index is 6.00. The number of hydrogen-bond donors (Lipinski definition) is 1. The fourth-order valence-corrected chi connectivity index (χ4v) is 2.06. The topological polar surface area (TPSA) is 35.2 Å². The molecule has 0 saturated heterocycles. The van der Waals surface area contributed by atoms with Crippen molar-refractivity contribution in [1.29, 1.82) is 0 Å². The van der Waals surface area contributed by atoms with Crippen LogP contribution in [0.25, 0.3) is 0 Å². The van der Waals surface area contributed by atoms with Gasteiger partial charge in [-0.25, -0.2) is 0 Å². The highest BCUT2D eigenvalue weighted by atomic mass is 16.5. The molecular weight excluding hydrogens is 234 g/mol. The van der Waals surface area contributed by atoms with Crippen LogP contribution in [0.5, 0.6) is 11.5 Å². The van der Waals surface area contributed by atoms with E-state index in [1.807, 2.05) is 12.1 Å². The molecule has 0 radical (unpaired) electrons. The van der Waals surface area contributed by atoms with Crippen molar-refractivity contribution in [2.24, 2.45) is 5.73 Å². The van der Waals surface area contributed by atoms with Gasteiger partial charge in [0.1, 0.15) is 11.5 Å². The number of ether oxygens (including phenoxy) is 1. The lowest BCUT2D eigenvalue weighted by molar-refractivity contribution is 0.475. The zero-order chi connectivity index (χ0) is 13.8. The van der Waals surface area contributed by atoms with E-state index in [1.165, 1.54) is 22.3 Å². The largest absolute Gasteiger partial charge is 0.457 e. The van der Waals surface area contributed by atoms with Crippen molar-refractivity contribution in [3.05, 3.63) is 58.7 Å². The highest BCUT2D eigenvalue weighted by Crippen LogP contribution is 2.27. The van der Waals surface area contributed by atoms with Gasteiger partial charge in [0, 0.05) is 0 Å². The molecule has 2 aromatic carbocycles. The van der Waals surface area contributed by atoms with Gasteiger partial charge in [0.25, 0.3) is 0 Å². The number of benzene rings is 2. The Morgan fingerprint density at radius 3 is 2.42 bits per heavy atom. The van der Waals surface area contributed by atoms with E-state index in [0.717, 1.165) is 17.9 Å². The van der Waals surface area contributed by atoms with E-state index in [2.05, 4.69) is 45.0 Å². The van der Waals surface area contributed by atoms with Crippen LogP contribution in [-0.2, 0) is 6.42 Å². The Hall–Kier alpha value is -1.80. The van der Waals surface area contributed by atoms with E-state index in [9.17, 15) is 0 Å². The number of nitrogens with two attached hydrogens (primary N) is 1. The average Bonchev–Trinajstić information content (AvgIpc) is 2.37. The van der Waals surface area contributed by atoms with Gasteiger partial charge in [-0.1, -0.05) is 23.8 Å². The molecule has 0 aliphatic rings. The average molecular weight is 255 g/mol. The first-order chi connectivity index (χ1) is 9.10. The predicted molar refractivity (Wildman–Crippen MR) is 79.9 cm³/mol. The molecule has 2 nitrogen and oxygen atoms in total. The molecule has 2 N–H and O–H groups in total. The minimum atomic E-state index is 0.632. The third-order valence-electron chi connectivity index (χ3n) is 3.34. The first-order valence-electron chi connectivity index (χ1n) is 6.65. The molecule has 2 aromatic rings. The monoisotopic (exact) mass is 255 g/mol. The van der Waals surface area contributed by atoms with Crippen molar-refractivity contribution in [2.45, 2.75) is 27.2 Å². The summed E-state index contributed by atoms with van der Waals surface area (Å²) in [6, 6.07) is 12.4. The first kappa shape index (κ1) is 13.6. The van der Waals surface area contributed by atoms with E-state index in [-0.39, 0.29) is 0 Å². The van der Waals surface area contributed by atoms with Crippen molar-refractivity contribution in [2.75, 3.05) is 6.54 Å². The third-order valence-corrected chi connectivity index (χ3v) is 3.34. The van der Waals surface area contributed by atoms with Crippen molar-refractivity contribution < 1.29 is 4.74 Å². The Morgan fingerprint density at radius 2 is 1.74 bits per heavy atom. The van der Waals surface area contributed by atoms with E-state index in [0.29, 0.717) is 6.54 Å². The highest BCUT2D eigenvalue weighted by molar-refractivity contribution is 5.42. The summed E-state index contributed by atoms with van der Waals surface area (Å²) in [6.45, 7) is 6.91. The van der Waals surface area contributed by atoms with Gasteiger partial charge in [0.2, 0.25) is 0 Å². The van der Waals surface area contributed by atoms with Crippen LogP contribution < -0.4 is 10.5 Å². The summed E-state index contributed by atoms with van der Waals surface area (Å²) < 4.78 is 6.00. The molecule has 0 aliphatic heterocycles. The van der Waals surface area contributed by atoms with Crippen LogP contribution in [0.1, 0.15) is 22.3 Å². The summed E-state index contributed by atoms with van der Waals surface area (Å²) in [7, 11) is 0. The molecular formula is C17H21NO. The summed E-state index contributed by atoms with van der Waals surface area (Å²) in [4.78, 5) is 0. The lowest BCUT2D eigenvalue weighted by Gasteiger charge is -2.12. The number of aryl methyl sites for hydroxylation is 3. The fraction of sp³-hybridized carbons (Fsp3) is 0.294. The Morgan fingerprint density at radius 1 is 0.947 bits per heavy atom. The van der Waals surface area contributed by atoms with Crippen LogP contribution in [0.3, 0.4) is 0 Å². The minimum absolute atomic E-state index is 0.632. The molecule has 0 saturated carbocycles. The molecule has 0 unspecified atom stereocenters. The third kappa shape index (κ3) is 3.36. The van der Waals surface area contributed by atoms with Crippen LogP contribution in [0.4, 0.5) is 0 Å².